The molecule has 3 rings (SSSR count). The molecule has 0 aromatic carbocycles. The van der Waals surface area contributed by atoms with E-state index < -0.39 is 0 Å². The quantitative estimate of drug-likeness (QED) is 0.813. The highest BCUT2D eigenvalue weighted by Gasteiger charge is 2.23. The maximum Gasteiger partial charge on any atom is 0.227 e. The van der Waals surface area contributed by atoms with E-state index >= 15 is 0 Å². The fourth-order valence-corrected chi connectivity index (χ4v) is 3.39. The summed E-state index contributed by atoms with van der Waals surface area (Å²) in [5, 5.41) is 6.27. The van der Waals surface area contributed by atoms with Gasteiger partial charge in [0.2, 0.25) is 5.91 Å². The lowest BCUT2D eigenvalue weighted by atomic mass is 9.91. The lowest BCUT2D eigenvalue weighted by Gasteiger charge is -2.26. The summed E-state index contributed by atoms with van der Waals surface area (Å²) in [6, 6.07) is 0. The van der Waals surface area contributed by atoms with Gasteiger partial charge in [-0.3, -0.25) is 4.79 Å². The van der Waals surface area contributed by atoms with Crippen LogP contribution in [0.3, 0.4) is 0 Å². The second-order valence-electron chi connectivity index (χ2n) is 6.69. The standard InChI is InChI=1S/C19H28N2O3/c1-20-15-4-2-14(3-5-15)19(22)21-16-6-8-17(9-7-16)24-18-10-12-23-13-11-18/h4,6,8,14,18,20H,2-3,5,7,9-13H2,1H3,(H,21,22). The van der Waals surface area contributed by atoms with Crippen molar-refractivity contribution < 1.29 is 14.3 Å². The fourth-order valence-electron chi connectivity index (χ4n) is 3.39. The molecule has 1 saturated heterocycles. The van der Waals surface area contributed by atoms with Crippen molar-refractivity contribution in [3.63, 3.8) is 0 Å². The number of allylic oxidation sites excluding steroid dienone is 6. The monoisotopic (exact) mass is 332 g/mol. The topological polar surface area (TPSA) is 59.6 Å². The summed E-state index contributed by atoms with van der Waals surface area (Å²) in [6.07, 6.45) is 12.8. The van der Waals surface area contributed by atoms with E-state index in [1.807, 2.05) is 19.2 Å². The number of rotatable bonds is 5. The van der Waals surface area contributed by atoms with Gasteiger partial charge in [-0.1, -0.05) is 6.08 Å². The van der Waals surface area contributed by atoms with Crippen LogP contribution in [-0.4, -0.2) is 32.3 Å². The maximum absolute atomic E-state index is 12.4. The van der Waals surface area contributed by atoms with Crippen LogP contribution in [0.25, 0.3) is 0 Å². The van der Waals surface area contributed by atoms with Crippen molar-refractivity contribution in [2.75, 3.05) is 20.3 Å². The predicted molar refractivity (Wildman–Crippen MR) is 93.0 cm³/mol. The summed E-state index contributed by atoms with van der Waals surface area (Å²) in [4.78, 5) is 12.4. The van der Waals surface area contributed by atoms with Crippen LogP contribution in [0.4, 0.5) is 0 Å². The Labute approximate surface area is 144 Å². The summed E-state index contributed by atoms with van der Waals surface area (Å²) in [6.45, 7) is 1.58. The van der Waals surface area contributed by atoms with Gasteiger partial charge in [-0.15, -0.1) is 0 Å². The second kappa shape index (κ2) is 8.38. The van der Waals surface area contributed by atoms with Gasteiger partial charge in [0.1, 0.15) is 6.10 Å². The lowest BCUT2D eigenvalue weighted by Crippen LogP contribution is -2.32. The van der Waals surface area contributed by atoms with Crippen molar-refractivity contribution in [2.24, 2.45) is 5.92 Å². The molecule has 0 aromatic heterocycles. The molecule has 1 unspecified atom stereocenters. The highest BCUT2D eigenvalue weighted by Crippen LogP contribution is 2.25. The second-order valence-corrected chi connectivity index (χ2v) is 6.69. The van der Waals surface area contributed by atoms with Crippen molar-refractivity contribution in [3.05, 3.63) is 35.4 Å². The number of carbonyl (C=O) groups is 1. The average Bonchev–Trinajstić information content (AvgIpc) is 2.64. The summed E-state index contributed by atoms with van der Waals surface area (Å²) in [7, 11) is 1.94. The normalized spacial score (nSPS) is 25.2. The maximum atomic E-state index is 12.4. The molecule has 0 bridgehead atoms. The van der Waals surface area contributed by atoms with Gasteiger partial charge in [0.05, 0.1) is 19.0 Å². The van der Waals surface area contributed by atoms with Gasteiger partial charge in [-0.25, -0.2) is 0 Å². The molecule has 5 nitrogen and oxygen atoms in total. The molecule has 1 fully saturated rings. The summed E-state index contributed by atoms with van der Waals surface area (Å²) in [5.41, 5.74) is 2.25. The first-order valence-electron chi connectivity index (χ1n) is 9.06. The Balaban J connectivity index is 1.47. The van der Waals surface area contributed by atoms with E-state index in [1.165, 1.54) is 5.70 Å². The van der Waals surface area contributed by atoms with Crippen LogP contribution in [0.1, 0.15) is 44.9 Å². The van der Waals surface area contributed by atoms with Crippen molar-refractivity contribution in [1.82, 2.24) is 10.6 Å². The lowest BCUT2D eigenvalue weighted by molar-refractivity contribution is -0.124. The molecule has 1 heterocycles. The van der Waals surface area contributed by atoms with Crippen LogP contribution in [0.15, 0.2) is 35.4 Å². The largest absolute Gasteiger partial charge is 0.495 e. The van der Waals surface area contributed by atoms with Gasteiger partial charge in [0.25, 0.3) is 0 Å². The number of hydrogen-bond acceptors (Lipinski definition) is 4. The van der Waals surface area contributed by atoms with Crippen molar-refractivity contribution >= 4 is 5.91 Å². The zero-order valence-electron chi connectivity index (χ0n) is 14.5. The van der Waals surface area contributed by atoms with E-state index in [2.05, 4.69) is 16.7 Å². The van der Waals surface area contributed by atoms with Gasteiger partial charge in [-0.05, 0) is 37.8 Å². The Morgan fingerprint density at radius 1 is 1.12 bits per heavy atom. The minimum atomic E-state index is 0.0897. The summed E-state index contributed by atoms with van der Waals surface area (Å²) >= 11 is 0. The SMILES string of the molecule is CNC1=CCC(C(=O)NC2=CC=C(OC3CCOCC3)CC2)CC1. The minimum Gasteiger partial charge on any atom is -0.495 e. The minimum absolute atomic E-state index is 0.0897. The Morgan fingerprint density at radius 3 is 2.58 bits per heavy atom. The molecule has 5 heteroatoms. The summed E-state index contributed by atoms with van der Waals surface area (Å²) in [5.74, 6) is 1.26. The molecule has 0 radical (unpaired) electrons. The highest BCUT2D eigenvalue weighted by atomic mass is 16.5. The molecule has 0 spiro atoms. The fraction of sp³-hybridized carbons (Fsp3) is 0.632. The first-order chi connectivity index (χ1) is 11.7. The van der Waals surface area contributed by atoms with E-state index in [0.717, 1.165) is 69.6 Å². The van der Waals surface area contributed by atoms with Gasteiger partial charge in [-0.2, -0.15) is 0 Å². The molecule has 1 atom stereocenters. The number of ether oxygens (including phenoxy) is 2. The first-order valence-corrected chi connectivity index (χ1v) is 9.06. The predicted octanol–water partition coefficient (Wildman–Crippen LogP) is 2.76. The van der Waals surface area contributed by atoms with Crippen LogP contribution in [-0.2, 0) is 14.3 Å². The van der Waals surface area contributed by atoms with E-state index in [0.29, 0.717) is 0 Å². The van der Waals surface area contributed by atoms with Crippen molar-refractivity contribution in [1.29, 1.82) is 0 Å². The number of carbonyl (C=O) groups excluding carboxylic acids is 1. The van der Waals surface area contributed by atoms with Crippen LogP contribution >= 0.6 is 0 Å². The first kappa shape index (κ1) is 17.1. The summed E-state index contributed by atoms with van der Waals surface area (Å²) < 4.78 is 11.4. The van der Waals surface area contributed by atoms with Gasteiger partial charge >= 0.3 is 0 Å². The van der Waals surface area contributed by atoms with Gasteiger partial charge in [0, 0.05) is 43.6 Å². The molecular formula is C19H28N2O3. The van der Waals surface area contributed by atoms with E-state index in [9.17, 15) is 4.79 Å². The zero-order valence-corrected chi connectivity index (χ0v) is 14.5. The van der Waals surface area contributed by atoms with E-state index in [-0.39, 0.29) is 17.9 Å². The molecule has 1 amide bonds. The van der Waals surface area contributed by atoms with Crippen molar-refractivity contribution in [3.8, 4) is 0 Å². The molecule has 2 aliphatic carbocycles. The smallest absolute Gasteiger partial charge is 0.227 e. The van der Waals surface area contributed by atoms with Crippen LogP contribution in [0, 0.1) is 5.92 Å². The highest BCUT2D eigenvalue weighted by molar-refractivity contribution is 5.80. The molecule has 2 N–H and O–H groups in total. The molecule has 0 aromatic rings. The molecule has 0 saturated carbocycles. The third-order valence-corrected chi connectivity index (χ3v) is 4.98. The Hall–Kier alpha value is -1.75. The van der Waals surface area contributed by atoms with Crippen LogP contribution in [0.5, 0.6) is 0 Å². The molecule has 3 aliphatic rings. The Morgan fingerprint density at radius 2 is 1.96 bits per heavy atom. The third kappa shape index (κ3) is 4.63. The van der Waals surface area contributed by atoms with Gasteiger partial charge in [0.15, 0.2) is 0 Å². The molecule has 24 heavy (non-hydrogen) atoms. The van der Waals surface area contributed by atoms with E-state index in [1.54, 1.807) is 0 Å². The Kier molecular flexibility index (Phi) is 5.96. The number of amides is 1. The molecule has 1 aliphatic heterocycles. The van der Waals surface area contributed by atoms with E-state index in [4.69, 9.17) is 9.47 Å². The van der Waals surface area contributed by atoms with Gasteiger partial charge < -0.3 is 20.1 Å². The molecule has 132 valence electrons. The van der Waals surface area contributed by atoms with Crippen molar-refractivity contribution in [2.45, 2.75) is 51.0 Å². The van der Waals surface area contributed by atoms with Crippen LogP contribution < -0.4 is 10.6 Å². The number of nitrogens with one attached hydrogen (secondary N) is 2. The Bertz CT molecular complexity index is 545. The molecular weight excluding hydrogens is 304 g/mol. The average molecular weight is 332 g/mol. The number of hydrogen-bond donors (Lipinski definition) is 2. The zero-order chi connectivity index (χ0) is 16.8. The third-order valence-electron chi connectivity index (χ3n) is 4.98. The van der Waals surface area contributed by atoms with Crippen LogP contribution in [0.2, 0.25) is 0 Å².